The van der Waals surface area contributed by atoms with Crippen molar-refractivity contribution in [3.05, 3.63) is 35.5 Å². The van der Waals surface area contributed by atoms with Gasteiger partial charge in [-0.05, 0) is 36.0 Å². The van der Waals surface area contributed by atoms with Gasteiger partial charge in [0.05, 0.1) is 0 Å². The fraction of sp³-hybridized carbons (Fsp3) is 0.545. The Balaban J connectivity index is 1.52. The normalized spacial score (nSPS) is 15.7. The zero-order valence-electron chi connectivity index (χ0n) is 16.7. The van der Waals surface area contributed by atoms with Crippen molar-refractivity contribution in [3.63, 3.8) is 0 Å². The summed E-state index contributed by atoms with van der Waals surface area (Å²) in [6.07, 6.45) is 6.12. The van der Waals surface area contributed by atoms with Gasteiger partial charge in [0, 0.05) is 29.9 Å². The molecule has 1 aliphatic carbocycles. The standard InChI is InChI=1S/C22H31N3O2/c1-22(2,3)16-10-9-15-13-19(25-18(15)14-16)21(27)23-12-11-20(26)24-17-7-5-4-6-8-17/h9-10,13-14,17,25H,4-8,11-12H2,1-3H3,(H,23,27)(H,24,26). The molecule has 0 saturated heterocycles. The van der Waals surface area contributed by atoms with Crippen molar-refractivity contribution in [3.8, 4) is 0 Å². The summed E-state index contributed by atoms with van der Waals surface area (Å²) in [6.45, 7) is 6.86. The van der Waals surface area contributed by atoms with Crippen LogP contribution in [0.3, 0.4) is 0 Å². The Morgan fingerprint density at radius 3 is 2.56 bits per heavy atom. The number of amides is 2. The molecule has 0 atom stereocenters. The number of carbonyl (C=O) groups excluding carboxylic acids is 2. The molecule has 1 saturated carbocycles. The van der Waals surface area contributed by atoms with E-state index in [9.17, 15) is 9.59 Å². The fourth-order valence-electron chi connectivity index (χ4n) is 3.65. The van der Waals surface area contributed by atoms with E-state index in [1.807, 2.05) is 12.1 Å². The SMILES string of the molecule is CC(C)(C)c1ccc2cc(C(=O)NCCC(=O)NC3CCCCC3)[nH]c2c1. The molecule has 3 rings (SSSR count). The Morgan fingerprint density at radius 1 is 1.11 bits per heavy atom. The molecule has 27 heavy (non-hydrogen) atoms. The van der Waals surface area contributed by atoms with Gasteiger partial charge in [0.2, 0.25) is 5.91 Å². The molecule has 146 valence electrons. The summed E-state index contributed by atoms with van der Waals surface area (Å²) in [5.74, 6) is -0.150. The molecule has 1 fully saturated rings. The van der Waals surface area contributed by atoms with Gasteiger partial charge in [-0.2, -0.15) is 0 Å². The van der Waals surface area contributed by atoms with Gasteiger partial charge < -0.3 is 15.6 Å². The van der Waals surface area contributed by atoms with E-state index in [2.05, 4.69) is 48.5 Å². The first-order valence-corrected chi connectivity index (χ1v) is 10.0. The van der Waals surface area contributed by atoms with Crippen LogP contribution in [0, 0.1) is 0 Å². The lowest BCUT2D eigenvalue weighted by molar-refractivity contribution is -0.121. The van der Waals surface area contributed by atoms with E-state index in [1.54, 1.807) is 0 Å². The first-order valence-electron chi connectivity index (χ1n) is 10.0. The molecule has 1 aromatic heterocycles. The van der Waals surface area contributed by atoms with E-state index in [0.29, 0.717) is 24.7 Å². The highest BCUT2D eigenvalue weighted by atomic mass is 16.2. The highest BCUT2D eigenvalue weighted by Crippen LogP contribution is 2.26. The van der Waals surface area contributed by atoms with E-state index >= 15 is 0 Å². The predicted molar refractivity (Wildman–Crippen MR) is 109 cm³/mol. The highest BCUT2D eigenvalue weighted by molar-refractivity contribution is 5.98. The number of nitrogens with one attached hydrogen (secondary N) is 3. The molecule has 1 aliphatic rings. The number of carbonyl (C=O) groups is 2. The number of fused-ring (bicyclic) bond motifs is 1. The van der Waals surface area contributed by atoms with Crippen molar-refractivity contribution in [1.82, 2.24) is 15.6 Å². The maximum absolute atomic E-state index is 12.4. The second-order valence-electron chi connectivity index (χ2n) is 8.64. The van der Waals surface area contributed by atoms with Gasteiger partial charge in [-0.3, -0.25) is 9.59 Å². The smallest absolute Gasteiger partial charge is 0.267 e. The van der Waals surface area contributed by atoms with Crippen molar-refractivity contribution in [2.75, 3.05) is 6.54 Å². The van der Waals surface area contributed by atoms with E-state index in [-0.39, 0.29) is 17.2 Å². The first-order chi connectivity index (χ1) is 12.8. The molecule has 0 bridgehead atoms. The quantitative estimate of drug-likeness (QED) is 0.744. The third-order valence-corrected chi connectivity index (χ3v) is 5.34. The Labute approximate surface area is 161 Å². The summed E-state index contributed by atoms with van der Waals surface area (Å²) in [5.41, 5.74) is 2.78. The first kappa shape index (κ1) is 19.5. The highest BCUT2D eigenvalue weighted by Gasteiger charge is 2.17. The maximum Gasteiger partial charge on any atom is 0.267 e. The summed E-state index contributed by atoms with van der Waals surface area (Å²) in [6, 6.07) is 8.42. The largest absolute Gasteiger partial charge is 0.353 e. The summed E-state index contributed by atoms with van der Waals surface area (Å²) < 4.78 is 0. The summed E-state index contributed by atoms with van der Waals surface area (Å²) >= 11 is 0. The van der Waals surface area contributed by atoms with Gasteiger partial charge >= 0.3 is 0 Å². The monoisotopic (exact) mass is 369 g/mol. The van der Waals surface area contributed by atoms with Crippen LogP contribution in [0.15, 0.2) is 24.3 Å². The van der Waals surface area contributed by atoms with Gasteiger partial charge in [-0.25, -0.2) is 0 Å². The van der Waals surface area contributed by atoms with Crippen LogP contribution in [0.25, 0.3) is 10.9 Å². The lowest BCUT2D eigenvalue weighted by Crippen LogP contribution is -2.38. The van der Waals surface area contributed by atoms with Crippen molar-refractivity contribution in [2.24, 2.45) is 0 Å². The van der Waals surface area contributed by atoms with Crippen LogP contribution in [0.2, 0.25) is 0 Å². The van der Waals surface area contributed by atoms with E-state index in [4.69, 9.17) is 0 Å². The topological polar surface area (TPSA) is 74.0 Å². The van der Waals surface area contributed by atoms with Crippen molar-refractivity contribution >= 4 is 22.7 Å². The van der Waals surface area contributed by atoms with Crippen LogP contribution < -0.4 is 10.6 Å². The lowest BCUT2D eigenvalue weighted by atomic mass is 9.87. The molecular formula is C22H31N3O2. The minimum atomic E-state index is -0.172. The second kappa shape index (κ2) is 8.15. The van der Waals surface area contributed by atoms with Gasteiger partial charge in [0.1, 0.15) is 5.69 Å². The maximum atomic E-state index is 12.4. The molecule has 0 unspecified atom stereocenters. The van der Waals surface area contributed by atoms with Crippen molar-refractivity contribution < 1.29 is 9.59 Å². The second-order valence-corrected chi connectivity index (χ2v) is 8.64. The third kappa shape index (κ3) is 5.12. The van der Waals surface area contributed by atoms with Gasteiger partial charge in [0.15, 0.2) is 0 Å². The minimum Gasteiger partial charge on any atom is -0.353 e. The number of H-pyrrole nitrogens is 1. The average molecular weight is 370 g/mol. The Kier molecular flexibility index (Phi) is 5.88. The van der Waals surface area contributed by atoms with Crippen LogP contribution >= 0.6 is 0 Å². The molecule has 5 nitrogen and oxygen atoms in total. The fourth-order valence-corrected chi connectivity index (χ4v) is 3.65. The van der Waals surface area contributed by atoms with Gasteiger partial charge in [-0.15, -0.1) is 0 Å². The molecular weight excluding hydrogens is 338 g/mol. The van der Waals surface area contributed by atoms with Crippen LogP contribution in [-0.2, 0) is 10.2 Å². The Morgan fingerprint density at radius 2 is 1.85 bits per heavy atom. The third-order valence-electron chi connectivity index (χ3n) is 5.34. The Bertz CT molecular complexity index is 811. The van der Waals surface area contributed by atoms with Gasteiger partial charge in [0.25, 0.3) is 5.91 Å². The molecule has 5 heteroatoms. The van der Waals surface area contributed by atoms with Crippen LogP contribution in [0.5, 0.6) is 0 Å². The summed E-state index contributed by atoms with van der Waals surface area (Å²) in [5, 5.41) is 6.93. The molecule has 3 N–H and O–H groups in total. The van der Waals surface area contributed by atoms with E-state index in [0.717, 1.165) is 23.7 Å². The molecule has 2 aromatic rings. The molecule has 2 amide bonds. The molecule has 0 radical (unpaired) electrons. The summed E-state index contributed by atoms with van der Waals surface area (Å²) in [4.78, 5) is 27.6. The predicted octanol–water partition coefficient (Wildman–Crippen LogP) is 4.03. The van der Waals surface area contributed by atoms with Crippen molar-refractivity contribution in [2.45, 2.75) is 70.8 Å². The molecule has 0 aliphatic heterocycles. The number of hydrogen-bond donors (Lipinski definition) is 3. The van der Waals surface area contributed by atoms with Gasteiger partial charge in [-0.1, -0.05) is 52.2 Å². The van der Waals surface area contributed by atoms with E-state index in [1.165, 1.54) is 24.8 Å². The molecule has 0 spiro atoms. The van der Waals surface area contributed by atoms with Crippen LogP contribution in [0.1, 0.15) is 75.3 Å². The Hall–Kier alpha value is -2.30. The number of benzene rings is 1. The number of hydrogen-bond acceptors (Lipinski definition) is 2. The van der Waals surface area contributed by atoms with Crippen LogP contribution in [-0.4, -0.2) is 29.4 Å². The lowest BCUT2D eigenvalue weighted by Gasteiger charge is -2.22. The molecule has 1 aromatic carbocycles. The van der Waals surface area contributed by atoms with Crippen molar-refractivity contribution in [1.29, 1.82) is 0 Å². The molecule has 1 heterocycles. The van der Waals surface area contributed by atoms with Crippen LogP contribution in [0.4, 0.5) is 0 Å². The zero-order chi connectivity index (χ0) is 19.4. The number of aromatic nitrogens is 1. The van der Waals surface area contributed by atoms with E-state index < -0.39 is 0 Å². The average Bonchev–Trinajstić information content (AvgIpc) is 3.05. The summed E-state index contributed by atoms with van der Waals surface area (Å²) in [7, 11) is 0. The minimum absolute atomic E-state index is 0.0219. The zero-order valence-corrected chi connectivity index (χ0v) is 16.7. The number of rotatable bonds is 5. The number of aromatic amines is 1.